The second kappa shape index (κ2) is 10.5. The largest absolute Gasteiger partial charge is 0.469 e. The predicted molar refractivity (Wildman–Crippen MR) is 124 cm³/mol. The van der Waals surface area contributed by atoms with Gasteiger partial charge in [-0.3, -0.25) is 4.79 Å². The minimum Gasteiger partial charge on any atom is -0.469 e. The number of rotatable bonds is 6. The third kappa shape index (κ3) is 5.64. The van der Waals surface area contributed by atoms with Gasteiger partial charge in [0.1, 0.15) is 17.5 Å². The van der Waals surface area contributed by atoms with Crippen LogP contribution >= 0.6 is 0 Å². The number of carbonyl (C=O) groups is 1. The van der Waals surface area contributed by atoms with E-state index in [2.05, 4.69) is 41.9 Å². The molecule has 2 fully saturated rings. The number of nitrogens with zero attached hydrogens (tertiary/aromatic N) is 6. The van der Waals surface area contributed by atoms with Crippen molar-refractivity contribution in [3.8, 4) is 17.7 Å². The minimum atomic E-state index is -4.62. The summed E-state index contributed by atoms with van der Waals surface area (Å²) in [6.45, 7) is 3.77. The topological polar surface area (TPSA) is 107 Å². The first kappa shape index (κ1) is 25.3. The Labute approximate surface area is 212 Å². The van der Waals surface area contributed by atoms with Gasteiger partial charge in [0.05, 0.1) is 26.2 Å². The van der Waals surface area contributed by atoms with Gasteiger partial charge in [0, 0.05) is 31.2 Å². The van der Waals surface area contributed by atoms with Gasteiger partial charge in [0.15, 0.2) is 5.82 Å². The molecular formula is C24H28F3N7O3. The number of hydrogen-bond acceptors (Lipinski definition) is 8. The number of alkyl halides is 3. The molecule has 37 heavy (non-hydrogen) atoms. The molecular weight excluding hydrogens is 491 g/mol. The van der Waals surface area contributed by atoms with Crippen molar-refractivity contribution in [1.29, 1.82) is 0 Å². The lowest BCUT2D eigenvalue weighted by atomic mass is 9.85. The van der Waals surface area contributed by atoms with E-state index in [9.17, 15) is 18.0 Å². The van der Waals surface area contributed by atoms with Crippen molar-refractivity contribution in [3.63, 3.8) is 0 Å². The molecule has 1 amide bonds. The zero-order chi connectivity index (χ0) is 26.0. The Hall–Kier alpha value is -3.40. The first-order valence-corrected chi connectivity index (χ1v) is 12.4. The van der Waals surface area contributed by atoms with E-state index in [1.807, 2.05) is 0 Å². The molecule has 0 spiro atoms. The van der Waals surface area contributed by atoms with Crippen LogP contribution < -0.4 is 10.1 Å². The molecule has 0 unspecified atom stereocenters. The van der Waals surface area contributed by atoms with Crippen LogP contribution in [-0.4, -0.2) is 67.4 Å². The molecule has 2 aromatic rings. The van der Waals surface area contributed by atoms with E-state index in [0.717, 1.165) is 37.1 Å². The van der Waals surface area contributed by atoms with Crippen molar-refractivity contribution in [2.45, 2.75) is 76.4 Å². The van der Waals surface area contributed by atoms with E-state index >= 15 is 0 Å². The van der Waals surface area contributed by atoms with Crippen molar-refractivity contribution in [1.82, 2.24) is 29.6 Å². The van der Waals surface area contributed by atoms with Crippen LogP contribution in [0.3, 0.4) is 0 Å². The molecule has 1 N–H and O–H groups in total. The number of amides is 1. The normalized spacial score (nSPS) is 21.9. The van der Waals surface area contributed by atoms with Gasteiger partial charge in [-0.25, -0.2) is 4.98 Å². The molecule has 0 bridgehead atoms. The molecule has 10 nitrogen and oxygen atoms in total. The fraction of sp³-hybridized carbons (Fsp3) is 0.625. The molecule has 2 atom stereocenters. The lowest BCUT2D eigenvalue weighted by Crippen LogP contribution is -2.39. The van der Waals surface area contributed by atoms with E-state index in [-0.39, 0.29) is 43.4 Å². The molecule has 0 radical (unpaired) electrons. The highest BCUT2D eigenvalue weighted by atomic mass is 19.4. The second-order valence-electron chi connectivity index (χ2n) is 9.44. The number of ether oxygens (including phenoxy) is 2. The molecule has 2 aromatic heterocycles. The Bertz CT molecular complexity index is 1200. The lowest BCUT2D eigenvalue weighted by molar-refractivity contribution is -0.142. The van der Waals surface area contributed by atoms with Crippen LogP contribution in [0.1, 0.15) is 62.2 Å². The number of carbonyl (C=O) groups excluding carboxylic acids is 1. The summed E-state index contributed by atoms with van der Waals surface area (Å²) in [5.41, 5.74) is -1.00. The molecule has 2 aliphatic heterocycles. The molecule has 1 aliphatic carbocycles. The number of anilines is 1. The molecule has 1 saturated carbocycles. The Balaban J connectivity index is 1.26. The van der Waals surface area contributed by atoms with Gasteiger partial charge in [-0.05, 0) is 26.2 Å². The Morgan fingerprint density at radius 1 is 1.27 bits per heavy atom. The molecule has 0 aromatic carbocycles. The van der Waals surface area contributed by atoms with Crippen LogP contribution in [0.5, 0.6) is 5.88 Å². The van der Waals surface area contributed by atoms with E-state index in [1.54, 1.807) is 11.8 Å². The van der Waals surface area contributed by atoms with Gasteiger partial charge < -0.3 is 24.3 Å². The Morgan fingerprint density at radius 3 is 2.84 bits per heavy atom. The molecule has 13 heteroatoms. The average molecular weight is 520 g/mol. The number of nitrogens with one attached hydrogen (secondary N) is 1. The molecule has 198 valence electrons. The van der Waals surface area contributed by atoms with Gasteiger partial charge in [-0.1, -0.05) is 12.3 Å². The van der Waals surface area contributed by atoms with Crippen molar-refractivity contribution in [3.05, 3.63) is 23.4 Å². The van der Waals surface area contributed by atoms with Crippen molar-refractivity contribution >= 4 is 11.9 Å². The fourth-order valence-corrected chi connectivity index (χ4v) is 4.87. The third-order valence-electron chi connectivity index (χ3n) is 6.87. The smallest absolute Gasteiger partial charge is 0.423 e. The zero-order valence-corrected chi connectivity index (χ0v) is 20.4. The van der Waals surface area contributed by atoms with Crippen molar-refractivity contribution < 1.29 is 27.4 Å². The zero-order valence-electron chi connectivity index (χ0n) is 20.4. The maximum atomic E-state index is 13.4. The Kier molecular flexibility index (Phi) is 7.19. The molecule has 4 heterocycles. The van der Waals surface area contributed by atoms with Crippen LogP contribution in [0.15, 0.2) is 6.20 Å². The van der Waals surface area contributed by atoms with E-state index in [0.29, 0.717) is 26.1 Å². The SMILES string of the molecule is CC#CCC(=O)N1CCn2c(nnc2[C@H]2CCC[C@@H](Nc3ncc(C(F)(F)F)c(OC4COC4)n3)C2)C1. The quantitative estimate of drug-likeness (QED) is 0.581. The van der Waals surface area contributed by atoms with Crippen LogP contribution in [0.2, 0.25) is 0 Å². The summed E-state index contributed by atoms with van der Waals surface area (Å²) in [4.78, 5) is 22.1. The maximum absolute atomic E-state index is 13.4. The standard InChI is InChI=1S/C24H28F3N7O3/c1-2-3-7-20(35)33-8-9-34-19(12-33)31-32-21(34)15-5-4-6-16(10-15)29-23-28-11-18(24(25,26)27)22(30-23)37-17-13-36-14-17/h11,15-17H,4-10,12-14H2,1H3,(H,28,29,30)/t15-,16+/m0/s1. The van der Waals surface area contributed by atoms with Crippen LogP contribution in [0.25, 0.3) is 0 Å². The maximum Gasteiger partial charge on any atom is 0.423 e. The van der Waals surface area contributed by atoms with E-state index in [1.165, 1.54) is 0 Å². The summed E-state index contributed by atoms with van der Waals surface area (Å²) in [7, 11) is 0. The number of aromatic nitrogens is 5. The van der Waals surface area contributed by atoms with Crippen LogP contribution in [-0.2, 0) is 28.8 Å². The number of halogens is 3. The summed E-state index contributed by atoms with van der Waals surface area (Å²) in [5, 5.41) is 12.0. The van der Waals surface area contributed by atoms with E-state index in [4.69, 9.17) is 9.47 Å². The highest BCUT2D eigenvalue weighted by Crippen LogP contribution is 2.37. The highest BCUT2D eigenvalue weighted by molar-refractivity contribution is 5.78. The summed E-state index contributed by atoms with van der Waals surface area (Å²) in [6, 6.07) is -0.0439. The van der Waals surface area contributed by atoms with Crippen molar-refractivity contribution in [2.75, 3.05) is 25.1 Å². The summed E-state index contributed by atoms with van der Waals surface area (Å²) in [5.74, 6) is 6.90. The summed E-state index contributed by atoms with van der Waals surface area (Å²) in [6.07, 6.45) is -0.736. The van der Waals surface area contributed by atoms with Crippen LogP contribution in [0, 0.1) is 11.8 Å². The molecule has 5 rings (SSSR count). The second-order valence-corrected chi connectivity index (χ2v) is 9.44. The Morgan fingerprint density at radius 2 is 2.11 bits per heavy atom. The molecule has 1 saturated heterocycles. The first-order valence-electron chi connectivity index (χ1n) is 12.4. The third-order valence-corrected chi connectivity index (χ3v) is 6.87. The van der Waals surface area contributed by atoms with Crippen LogP contribution in [0.4, 0.5) is 19.1 Å². The lowest BCUT2D eigenvalue weighted by Gasteiger charge is -2.32. The highest BCUT2D eigenvalue weighted by Gasteiger charge is 2.38. The fourth-order valence-electron chi connectivity index (χ4n) is 4.87. The summed E-state index contributed by atoms with van der Waals surface area (Å²) < 4.78 is 52.8. The van der Waals surface area contributed by atoms with Gasteiger partial charge in [0.25, 0.3) is 0 Å². The van der Waals surface area contributed by atoms with Gasteiger partial charge >= 0.3 is 6.18 Å². The first-order chi connectivity index (χ1) is 17.8. The predicted octanol–water partition coefficient (Wildman–Crippen LogP) is 2.76. The molecule has 3 aliphatic rings. The van der Waals surface area contributed by atoms with Gasteiger partial charge in [-0.2, -0.15) is 18.2 Å². The number of hydrogen-bond donors (Lipinski definition) is 1. The number of fused-ring (bicyclic) bond motifs is 1. The van der Waals surface area contributed by atoms with E-state index < -0.39 is 23.7 Å². The van der Waals surface area contributed by atoms with Gasteiger partial charge in [-0.15, -0.1) is 16.1 Å². The monoisotopic (exact) mass is 519 g/mol. The summed E-state index contributed by atoms with van der Waals surface area (Å²) >= 11 is 0. The average Bonchev–Trinajstić information content (AvgIpc) is 3.28. The minimum absolute atomic E-state index is 0.0168. The van der Waals surface area contributed by atoms with Crippen molar-refractivity contribution in [2.24, 2.45) is 0 Å². The van der Waals surface area contributed by atoms with Gasteiger partial charge in [0.2, 0.25) is 17.7 Å².